The van der Waals surface area contributed by atoms with Crippen LogP contribution in [-0.4, -0.2) is 30.8 Å². The number of hydrogen-bond donors (Lipinski definition) is 2. The maximum atomic E-state index is 12.3. The Hall–Kier alpha value is -3.29. The number of aryl methyl sites for hydroxylation is 2. The van der Waals surface area contributed by atoms with Gasteiger partial charge in [0.15, 0.2) is 0 Å². The van der Waals surface area contributed by atoms with Crippen molar-refractivity contribution in [1.29, 1.82) is 0 Å². The number of hydrogen-bond acceptors (Lipinski definition) is 5. The Labute approximate surface area is 145 Å². The van der Waals surface area contributed by atoms with E-state index in [2.05, 4.69) is 30.7 Å². The van der Waals surface area contributed by atoms with Crippen molar-refractivity contribution in [3.8, 4) is 5.95 Å². The van der Waals surface area contributed by atoms with Crippen LogP contribution in [0, 0.1) is 13.8 Å². The zero-order chi connectivity index (χ0) is 17.8. The van der Waals surface area contributed by atoms with Crippen LogP contribution in [0.4, 0.5) is 10.6 Å². The van der Waals surface area contributed by atoms with Crippen LogP contribution in [0.25, 0.3) is 5.95 Å². The second-order valence-electron chi connectivity index (χ2n) is 5.68. The first-order valence-corrected chi connectivity index (χ1v) is 7.87. The van der Waals surface area contributed by atoms with Gasteiger partial charge >= 0.3 is 6.03 Å². The van der Waals surface area contributed by atoms with E-state index in [9.17, 15) is 4.79 Å². The standard InChI is InChI=1S/C17H19N7O/c1-11-10-12(2)21-16(20-11)24-15(6-9-19-24)23-17(25)22-13(3)14-4-7-18-8-5-14/h4-10,13H,1-3H3,(H2,22,23,25)/t13-/m0/s1. The molecule has 0 spiro atoms. The number of urea groups is 1. The summed E-state index contributed by atoms with van der Waals surface area (Å²) in [6, 6.07) is 6.80. The topological polar surface area (TPSA) is 97.6 Å². The number of pyridine rings is 1. The SMILES string of the molecule is Cc1cc(C)nc(-n2nccc2NC(=O)N[C@@H](C)c2ccncc2)n1. The number of aromatic nitrogens is 5. The Morgan fingerprint density at radius 2 is 1.76 bits per heavy atom. The fraction of sp³-hybridized carbons (Fsp3) is 0.235. The maximum Gasteiger partial charge on any atom is 0.320 e. The van der Waals surface area contributed by atoms with Gasteiger partial charge in [0.05, 0.1) is 12.2 Å². The van der Waals surface area contributed by atoms with E-state index in [1.54, 1.807) is 24.7 Å². The number of rotatable bonds is 4. The first kappa shape index (κ1) is 16.6. The molecule has 0 aliphatic heterocycles. The molecule has 0 radical (unpaired) electrons. The first-order valence-electron chi connectivity index (χ1n) is 7.87. The van der Waals surface area contributed by atoms with Gasteiger partial charge in [0.25, 0.3) is 5.95 Å². The molecule has 0 aromatic carbocycles. The number of amides is 2. The van der Waals surface area contributed by atoms with Crippen molar-refractivity contribution in [2.24, 2.45) is 0 Å². The van der Waals surface area contributed by atoms with Crippen LogP contribution >= 0.6 is 0 Å². The molecule has 2 amide bonds. The highest BCUT2D eigenvalue weighted by molar-refractivity contribution is 5.88. The molecule has 0 fully saturated rings. The summed E-state index contributed by atoms with van der Waals surface area (Å²) in [5.74, 6) is 0.907. The van der Waals surface area contributed by atoms with Crippen molar-refractivity contribution >= 4 is 11.8 Å². The van der Waals surface area contributed by atoms with Gasteiger partial charge in [-0.25, -0.2) is 14.8 Å². The molecule has 1 atom stereocenters. The fourth-order valence-corrected chi connectivity index (χ4v) is 2.44. The van der Waals surface area contributed by atoms with Gasteiger partial charge in [-0.2, -0.15) is 9.78 Å². The molecular formula is C17H19N7O. The summed E-state index contributed by atoms with van der Waals surface area (Å²) in [6.45, 7) is 5.68. The second kappa shape index (κ2) is 7.08. The van der Waals surface area contributed by atoms with Gasteiger partial charge in [-0.05, 0) is 44.5 Å². The lowest BCUT2D eigenvalue weighted by Gasteiger charge is -2.15. The number of anilines is 1. The molecule has 0 saturated heterocycles. The summed E-state index contributed by atoms with van der Waals surface area (Å²) in [4.78, 5) is 25.0. The van der Waals surface area contributed by atoms with Gasteiger partial charge in [0, 0.05) is 29.8 Å². The summed E-state index contributed by atoms with van der Waals surface area (Å²) < 4.78 is 1.50. The van der Waals surface area contributed by atoms with Crippen molar-refractivity contribution in [3.05, 3.63) is 59.8 Å². The van der Waals surface area contributed by atoms with Crippen molar-refractivity contribution in [2.75, 3.05) is 5.32 Å². The van der Waals surface area contributed by atoms with E-state index in [1.165, 1.54) is 4.68 Å². The number of carbonyl (C=O) groups is 1. The van der Waals surface area contributed by atoms with Gasteiger partial charge in [0.1, 0.15) is 5.82 Å². The molecule has 0 bridgehead atoms. The molecule has 3 aromatic rings. The summed E-state index contributed by atoms with van der Waals surface area (Å²) in [7, 11) is 0. The van der Waals surface area contributed by atoms with Gasteiger partial charge in [0.2, 0.25) is 0 Å². The Morgan fingerprint density at radius 3 is 2.44 bits per heavy atom. The van der Waals surface area contributed by atoms with Crippen molar-refractivity contribution in [3.63, 3.8) is 0 Å². The minimum atomic E-state index is -0.338. The first-order chi connectivity index (χ1) is 12.0. The van der Waals surface area contributed by atoms with Crippen LogP contribution in [-0.2, 0) is 0 Å². The van der Waals surface area contributed by atoms with Gasteiger partial charge in [-0.15, -0.1) is 0 Å². The molecule has 128 valence electrons. The van der Waals surface area contributed by atoms with E-state index in [1.807, 2.05) is 39.0 Å². The predicted octanol–water partition coefficient (Wildman–Crippen LogP) is 2.56. The zero-order valence-corrected chi connectivity index (χ0v) is 14.3. The molecule has 8 heteroatoms. The zero-order valence-electron chi connectivity index (χ0n) is 14.3. The molecule has 3 aromatic heterocycles. The lowest BCUT2D eigenvalue weighted by Crippen LogP contribution is -2.32. The van der Waals surface area contributed by atoms with E-state index >= 15 is 0 Å². The van der Waals surface area contributed by atoms with Crippen molar-refractivity contribution in [1.82, 2.24) is 30.0 Å². The summed E-state index contributed by atoms with van der Waals surface area (Å²) >= 11 is 0. The molecule has 3 heterocycles. The molecular weight excluding hydrogens is 318 g/mol. The van der Waals surface area contributed by atoms with Crippen molar-refractivity contribution < 1.29 is 4.79 Å². The van der Waals surface area contributed by atoms with Gasteiger partial charge in [-0.3, -0.25) is 10.3 Å². The Morgan fingerprint density at radius 1 is 1.08 bits per heavy atom. The lowest BCUT2D eigenvalue weighted by atomic mass is 10.1. The Bertz CT molecular complexity index is 855. The monoisotopic (exact) mass is 337 g/mol. The highest BCUT2D eigenvalue weighted by Crippen LogP contribution is 2.14. The summed E-state index contributed by atoms with van der Waals surface area (Å²) in [6.07, 6.45) is 4.97. The molecule has 0 unspecified atom stereocenters. The molecule has 2 N–H and O–H groups in total. The fourth-order valence-electron chi connectivity index (χ4n) is 2.44. The van der Waals surface area contributed by atoms with Crippen molar-refractivity contribution in [2.45, 2.75) is 26.8 Å². The Balaban J connectivity index is 1.74. The molecule has 3 rings (SSSR count). The second-order valence-corrected chi connectivity index (χ2v) is 5.68. The molecule has 0 saturated carbocycles. The smallest absolute Gasteiger partial charge is 0.320 e. The number of nitrogens with one attached hydrogen (secondary N) is 2. The minimum absolute atomic E-state index is 0.156. The average molecular weight is 337 g/mol. The largest absolute Gasteiger partial charge is 0.331 e. The van der Waals surface area contributed by atoms with E-state index in [4.69, 9.17) is 0 Å². The van der Waals surface area contributed by atoms with Gasteiger partial charge in [-0.1, -0.05) is 0 Å². The summed E-state index contributed by atoms with van der Waals surface area (Å²) in [5.41, 5.74) is 2.63. The molecule has 25 heavy (non-hydrogen) atoms. The van der Waals surface area contributed by atoms with Crippen LogP contribution in [0.3, 0.4) is 0 Å². The third-order valence-electron chi connectivity index (χ3n) is 3.60. The average Bonchev–Trinajstić information content (AvgIpc) is 3.02. The third kappa shape index (κ3) is 3.97. The lowest BCUT2D eigenvalue weighted by molar-refractivity contribution is 0.249. The van der Waals surface area contributed by atoms with E-state index in [0.29, 0.717) is 11.8 Å². The molecule has 0 aliphatic carbocycles. The normalized spacial score (nSPS) is 11.8. The third-order valence-corrected chi connectivity index (χ3v) is 3.60. The predicted molar refractivity (Wildman–Crippen MR) is 93.4 cm³/mol. The minimum Gasteiger partial charge on any atom is -0.331 e. The van der Waals surface area contributed by atoms with Gasteiger partial charge < -0.3 is 5.32 Å². The quantitative estimate of drug-likeness (QED) is 0.762. The number of nitrogens with zero attached hydrogens (tertiary/aromatic N) is 5. The molecule has 8 nitrogen and oxygen atoms in total. The highest BCUT2D eigenvalue weighted by atomic mass is 16.2. The van der Waals surface area contributed by atoms with Crippen LogP contribution in [0.1, 0.15) is 29.9 Å². The number of carbonyl (C=O) groups excluding carboxylic acids is 1. The van der Waals surface area contributed by atoms with Crippen LogP contribution in [0.2, 0.25) is 0 Å². The summed E-state index contributed by atoms with van der Waals surface area (Å²) in [5, 5.41) is 9.86. The Kier molecular flexibility index (Phi) is 4.69. The van der Waals surface area contributed by atoms with Crippen LogP contribution in [0.5, 0.6) is 0 Å². The molecule has 0 aliphatic rings. The van der Waals surface area contributed by atoms with Crippen LogP contribution < -0.4 is 10.6 Å². The van der Waals surface area contributed by atoms with E-state index in [0.717, 1.165) is 17.0 Å². The highest BCUT2D eigenvalue weighted by Gasteiger charge is 2.14. The van der Waals surface area contributed by atoms with E-state index < -0.39 is 0 Å². The van der Waals surface area contributed by atoms with E-state index in [-0.39, 0.29) is 12.1 Å². The maximum absolute atomic E-state index is 12.3. The van der Waals surface area contributed by atoms with Crippen LogP contribution in [0.15, 0.2) is 42.9 Å².